The molecule has 18 heavy (non-hydrogen) atoms. The summed E-state index contributed by atoms with van der Waals surface area (Å²) in [4.78, 5) is 0. The van der Waals surface area contributed by atoms with E-state index >= 15 is 0 Å². The van der Waals surface area contributed by atoms with Crippen LogP contribution in [-0.2, 0) is 10.2 Å². The number of methoxy groups -OCH3 is 1. The number of hydrogen-bond acceptors (Lipinski definition) is 3. The van der Waals surface area contributed by atoms with Gasteiger partial charge in [-0.05, 0) is 30.4 Å². The molecule has 0 heterocycles. The number of aliphatic hydroxyl groups excluding tert-OH is 1. The molecule has 0 radical (unpaired) electrons. The van der Waals surface area contributed by atoms with E-state index in [4.69, 9.17) is 9.47 Å². The molecular formula is C15H24O3. The number of hydrogen-bond donors (Lipinski definition) is 1. The van der Waals surface area contributed by atoms with Crippen molar-refractivity contribution in [3.8, 4) is 5.75 Å². The number of ether oxygens (including phenoxy) is 2. The molecule has 3 nitrogen and oxygen atoms in total. The minimum absolute atomic E-state index is 0.113. The van der Waals surface area contributed by atoms with Gasteiger partial charge in [0.1, 0.15) is 12.4 Å². The molecule has 0 aliphatic rings. The van der Waals surface area contributed by atoms with E-state index in [0.717, 1.165) is 11.3 Å². The predicted octanol–water partition coefficient (Wildman–Crippen LogP) is 2.76. The Bertz CT molecular complexity index is 359. The molecule has 0 spiro atoms. The first kappa shape index (κ1) is 15.0. The summed E-state index contributed by atoms with van der Waals surface area (Å²) >= 11 is 0. The Balaban J connectivity index is 2.86. The molecule has 1 aromatic carbocycles. The lowest BCUT2D eigenvalue weighted by atomic mass is 9.79. The molecule has 1 aromatic rings. The zero-order chi connectivity index (χ0) is 13.6. The third kappa shape index (κ3) is 4.31. The van der Waals surface area contributed by atoms with Gasteiger partial charge in [-0.3, -0.25) is 0 Å². The standard InChI is InChI=1S/C15H24O3/c1-12(16)11-15(2,3)13-7-5-6-8-14(13)18-10-9-17-4/h5-8,12,16H,9-11H2,1-4H3. The largest absolute Gasteiger partial charge is 0.491 e. The lowest BCUT2D eigenvalue weighted by Gasteiger charge is -2.28. The summed E-state index contributed by atoms with van der Waals surface area (Å²) in [7, 11) is 1.66. The second kappa shape index (κ2) is 6.76. The third-order valence-electron chi connectivity index (χ3n) is 2.97. The molecule has 0 aliphatic carbocycles. The van der Waals surface area contributed by atoms with Crippen molar-refractivity contribution in [1.82, 2.24) is 0 Å². The summed E-state index contributed by atoms with van der Waals surface area (Å²) in [6.07, 6.45) is 0.379. The van der Waals surface area contributed by atoms with Crippen molar-refractivity contribution in [1.29, 1.82) is 0 Å². The van der Waals surface area contributed by atoms with Crippen molar-refractivity contribution in [3.05, 3.63) is 29.8 Å². The Kier molecular flexibility index (Phi) is 5.63. The SMILES string of the molecule is COCCOc1ccccc1C(C)(C)CC(C)O. The summed E-state index contributed by atoms with van der Waals surface area (Å²) in [5, 5.41) is 9.59. The Morgan fingerprint density at radius 1 is 1.22 bits per heavy atom. The van der Waals surface area contributed by atoms with E-state index in [1.807, 2.05) is 25.1 Å². The fourth-order valence-corrected chi connectivity index (χ4v) is 2.24. The summed E-state index contributed by atoms with van der Waals surface area (Å²) in [6, 6.07) is 7.99. The van der Waals surface area contributed by atoms with Gasteiger partial charge >= 0.3 is 0 Å². The molecule has 1 unspecified atom stereocenters. The van der Waals surface area contributed by atoms with Crippen LogP contribution in [0, 0.1) is 0 Å². The summed E-state index contributed by atoms with van der Waals surface area (Å²) in [5.41, 5.74) is 1.01. The summed E-state index contributed by atoms with van der Waals surface area (Å²) in [6.45, 7) is 7.18. The van der Waals surface area contributed by atoms with Gasteiger partial charge in [0.15, 0.2) is 0 Å². The monoisotopic (exact) mass is 252 g/mol. The highest BCUT2D eigenvalue weighted by Gasteiger charge is 2.25. The van der Waals surface area contributed by atoms with Crippen molar-refractivity contribution in [2.75, 3.05) is 20.3 Å². The quantitative estimate of drug-likeness (QED) is 0.758. The number of benzene rings is 1. The van der Waals surface area contributed by atoms with E-state index in [-0.39, 0.29) is 11.5 Å². The fourth-order valence-electron chi connectivity index (χ4n) is 2.24. The first-order valence-corrected chi connectivity index (χ1v) is 6.36. The average Bonchev–Trinajstić information content (AvgIpc) is 2.28. The van der Waals surface area contributed by atoms with Crippen molar-refractivity contribution in [3.63, 3.8) is 0 Å². The van der Waals surface area contributed by atoms with Crippen molar-refractivity contribution in [2.24, 2.45) is 0 Å². The van der Waals surface area contributed by atoms with Gasteiger partial charge in [-0.2, -0.15) is 0 Å². The molecule has 0 aliphatic heterocycles. The molecule has 102 valence electrons. The number of aliphatic hydroxyl groups is 1. The van der Waals surface area contributed by atoms with Gasteiger partial charge < -0.3 is 14.6 Å². The highest BCUT2D eigenvalue weighted by atomic mass is 16.5. The first-order valence-electron chi connectivity index (χ1n) is 6.36. The maximum atomic E-state index is 9.59. The summed E-state index contributed by atoms with van der Waals surface area (Å²) in [5.74, 6) is 0.875. The van der Waals surface area contributed by atoms with Crippen LogP contribution in [0.4, 0.5) is 0 Å². The van der Waals surface area contributed by atoms with E-state index < -0.39 is 0 Å². The van der Waals surface area contributed by atoms with Gasteiger partial charge in [0.25, 0.3) is 0 Å². The Labute approximate surface area is 110 Å². The zero-order valence-corrected chi connectivity index (χ0v) is 11.8. The van der Waals surface area contributed by atoms with E-state index in [1.165, 1.54) is 0 Å². The summed E-state index contributed by atoms with van der Waals surface area (Å²) < 4.78 is 10.7. The van der Waals surface area contributed by atoms with Crippen LogP contribution in [0.1, 0.15) is 32.8 Å². The van der Waals surface area contributed by atoms with Crippen LogP contribution < -0.4 is 4.74 Å². The van der Waals surface area contributed by atoms with Crippen LogP contribution in [0.2, 0.25) is 0 Å². The minimum atomic E-state index is -0.327. The molecule has 0 saturated carbocycles. The normalized spacial score (nSPS) is 13.4. The lowest BCUT2D eigenvalue weighted by Crippen LogP contribution is -2.24. The van der Waals surface area contributed by atoms with Crippen molar-refractivity contribution >= 4 is 0 Å². The van der Waals surface area contributed by atoms with E-state index in [2.05, 4.69) is 19.9 Å². The zero-order valence-electron chi connectivity index (χ0n) is 11.8. The molecule has 0 aromatic heterocycles. The van der Waals surface area contributed by atoms with Crippen LogP contribution in [0.15, 0.2) is 24.3 Å². The molecule has 1 rings (SSSR count). The maximum Gasteiger partial charge on any atom is 0.123 e. The highest BCUT2D eigenvalue weighted by molar-refractivity contribution is 5.38. The molecule has 1 N–H and O–H groups in total. The van der Waals surface area contributed by atoms with Gasteiger partial charge in [0.2, 0.25) is 0 Å². The van der Waals surface area contributed by atoms with Crippen LogP contribution >= 0.6 is 0 Å². The Hall–Kier alpha value is -1.06. The van der Waals surface area contributed by atoms with E-state index in [9.17, 15) is 5.11 Å². The predicted molar refractivity (Wildman–Crippen MR) is 73.1 cm³/mol. The second-order valence-corrected chi connectivity index (χ2v) is 5.27. The van der Waals surface area contributed by atoms with Gasteiger partial charge in [-0.15, -0.1) is 0 Å². The molecule has 0 amide bonds. The number of rotatable bonds is 7. The third-order valence-corrected chi connectivity index (χ3v) is 2.97. The molecular weight excluding hydrogens is 228 g/mol. The van der Waals surface area contributed by atoms with Crippen LogP contribution in [0.5, 0.6) is 5.75 Å². The van der Waals surface area contributed by atoms with Crippen LogP contribution in [-0.4, -0.2) is 31.5 Å². The topological polar surface area (TPSA) is 38.7 Å². The lowest BCUT2D eigenvalue weighted by molar-refractivity contribution is 0.140. The molecule has 3 heteroatoms. The van der Waals surface area contributed by atoms with Gasteiger partial charge in [0, 0.05) is 7.11 Å². The van der Waals surface area contributed by atoms with E-state index in [0.29, 0.717) is 19.6 Å². The van der Waals surface area contributed by atoms with Gasteiger partial charge in [-0.1, -0.05) is 32.0 Å². The molecule has 0 bridgehead atoms. The maximum absolute atomic E-state index is 9.59. The van der Waals surface area contributed by atoms with Crippen molar-refractivity contribution in [2.45, 2.75) is 38.7 Å². The second-order valence-electron chi connectivity index (χ2n) is 5.27. The highest BCUT2D eigenvalue weighted by Crippen LogP contribution is 2.35. The minimum Gasteiger partial charge on any atom is -0.491 e. The van der Waals surface area contributed by atoms with Crippen LogP contribution in [0.3, 0.4) is 0 Å². The Morgan fingerprint density at radius 3 is 2.50 bits per heavy atom. The molecule has 0 fully saturated rings. The smallest absolute Gasteiger partial charge is 0.123 e. The average molecular weight is 252 g/mol. The Morgan fingerprint density at radius 2 is 1.89 bits per heavy atom. The van der Waals surface area contributed by atoms with E-state index in [1.54, 1.807) is 7.11 Å². The van der Waals surface area contributed by atoms with Crippen LogP contribution in [0.25, 0.3) is 0 Å². The number of para-hydroxylation sites is 1. The van der Waals surface area contributed by atoms with Gasteiger partial charge in [-0.25, -0.2) is 0 Å². The molecule has 0 saturated heterocycles. The van der Waals surface area contributed by atoms with Crippen molar-refractivity contribution < 1.29 is 14.6 Å². The first-order chi connectivity index (χ1) is 8.47. The molecule has 1 atom stereocenters. The fraction of sp³-hybridized carbons (Fsp3) is 0.600. The van der Waals surface area contributed by atoms with Gasteiger partial charge in [0.05, 0.1) is 12.7 Å².